The quantitative estimate of drug-likeness (QED) is 0.566. The maximum Gasteiger partial charge on any atom is 0.157 e. The Morgan fingerprint density at radius 1 is 1.25 bits per heavy atom. The number of hydrogen-bond donors (Lipinski definition) is 3. The summed E-state index contributed by atoms with van der Waals surface area (Å²) in [4.78, 5) is 6.13. The SMILES string of the molecule is Br.Br.CCCc1nc2c(s1)[C@@H]1c3cc(O)c(O)cc3CC[C@H]1NC2. The number of fused-ring (bicyclic) bond motifs is 5. The van der Waals surface area contributed by atoms with Crippen LogP contribution in [-0.2, 0) is 19.4 Å². The summed E-state index contributed by atoms with van der Waals surface area (Å²) in [6, 6.07) is 3.87. The van der Waals surface area contributed by atoms with E-state index in [4.69, 9.17) is 4.98 Å². The van der Waals surface area contributed by atoms with Gasteiger partial charge in [-0.3, -0.25) is 0 Å². The van der Waals surface area contributed by atoms with E-state index in [0.29, 0.717) is 6.04 Å². The lowest BCUT2D eigenvalue weighted by molar-refractivity contribution is 0.381. The molecule has 0 fully saturated rings. The average Bonchev–Trinajstić information content (AvgIpc) is 2.91. The lowest BCUT2D eigenvalue weighted by atomic mass is 9.76. The molecule has 132 valence electrons. The summed E-state index contributed by atoms with van der Waals surface area (Å²) in [6.07, 6.45) is 4.14. The standard InChI is InChI=1S/C17H20N2O2S.2BrH/c1-2-3-15-19-12-8-18-11-5-4-9-6-13(20)14(21)7-10(9)16(11)17(12)22-15;;/h6-7,11,16,18,20-21H,2-5,8H2,1H3;2*1H/t11-,16-;;/m1../s1. The smallest absolute Gasteiger partial charge is 0.157 e. The average molecular weight is 478 g/mol. The van der Waals surface area contributed by atoms with E-state index in [9.17, 15) is 10.2 Å². The lowest BCUT2D eigenvalue weighted by Gasteiger charge is -2.37. The molecule has 2 atom stereocenters. The van der Waals surface area contributed by atoms with Crippen molar-refractivity contribution in [3.05, 3.63) is 38.8 Å². The third-order valence-corrected chi connectivity index (χ3v) is 5.99. The van der Waals surface area contributed by atoms with E-state index in [0.717, 1.165) is 49.0 Å². The highest BCUT2D eigenvalue weighted by Gasteiger charge is 2.37. The Kier molecular flexibility index (Phi) is 6.34. The first kappa shape index (κ1) is 19.7. The van der Waals surface area contributed by atoms with Gasteiger partial charge in [0.05, 0.1) is 10.7 Å². The predicted octanol–water partition coefficient (Wildman–Crippen LogP) is 4.21. The Bertz CT molecular complexity index is 736. The zero-order valence-corrected chi connectivity index (χ0v) is 17.7. The molecule has 7 heteroatoms. The van der Waals surface area contributed by atoms with Gasteiger partial charge in [-0.05, 0) is 48.9 Å². The first-order valence-corrected chi connectivity index (χ1v) is 8.75. The second-order valence-electron chi connectivity index (χ2n) is 6.21. The Hall–Kier alpha value is -0.630. The van der Waals surface area contributed by atoms with Crippen molar-refractivity contribution < 1.29 is 10.2 Å². The Balaban J connectivity index is 0.00000104. The van der Waals surface area contributed by atoms with Crippen LogP contribution in [0.3, 0.4) is 0 Å². The van der Waals surface area contributed by atoms with Crippen molar-refractivity contribution in [2.24, 2.45) is 0 Å². The number of halogens is 2. The van der Waals surface area contributed by atoms with E-state index in [1.165, 1.54) is 9.88 Å². The fourth-order valence-electron chi connectivity index (χ4n) is 3.71. The number of phenolic OH excluding ortho intramolecular Hbond substituents is 2. The van der Waals surface area contributed by atoms with Crippen LogP contribution < -0.4 is 5.32 Å². The Morgan fingerprint density at radius 2 is 2.00 bits per heavy atom. The van der Waals surface area contributed by atoms with Gasteiger partial charge >= 0.3 is 0 Å². The van der Waals surface area contributed by atoms with Gasteiger partial charge in [0.15, 0.2) is 11.5 Å². The molecular weight excluding hydrogens is 456 g/mol. The molecule has 0 spiro atoms. The highest BCUT2D eigenvalue weighted by atomic mass is 79.9. The molecule has 24 heavy (non-hydrogen) atoms. The Labute approximate surface area is 166 Å². The van der Waals surface area contributed by atoms with Gasteiger partial charge in [-0.15, -0.1) is 45.3 Å². The highest BCUT2D eigenvalue weighted by molar-refractivity contribution is 8.93. The maximum atomic E-state index is 9.92. The monoisotopic (exact) mass is 476 g/mol. The number of aromatic hydroxyl groups is 2. The first-order chi connectivity index (χ1) is 10.7. The summed E-state index contributed by atoms with van der Waals surface area (Å²) in [5.41, 5.74) is 3.46. The van der Waals surface area contributed by atoms with Crippen molar-refractivity contribution in [3.8, 4) is 11.5 Å². The van der Waals surface area contributed by atoms with Gasteiger partial charge in [0, 0.05) is 23.4 Å². The summed E-state index contributed by atoms with van der Waals surface area (Å²) in [5, 5.41) is 24.5. The van der Waals surface area contributed by atoms with Crippen LogP contribution in [0.5, 0.6) is 11.5 Å². The molecule has 0 unspecified atom stereocenters. The molecule has 0 bridgehead atoms. The van der Waals surface area contributed by atoms with Crippen molar-refractivity contribution in [1.29, 1.82) is 0 Å². The predicted molar refractivity (Wildman–Crippen MR) is 107 cm³/mol. The molecular formula is C17H22Br2N2O2S. The third kappa shape index (κ3) is 3.23. The summed E-state index contributed by atoms with van der Waals surface area (Å²) in [6.45, 7) is 3.02. The van der Waals surface area contributed by atoms with Crippen LogP contribution in [0.4, 0.5) is 0 Å². The minimum absolute atomic E-state index is 0. The van der Waals surface area contributed by atoms with Crippen molar-refractivity contribution in [2.75, 3.05) is 0 Å². The summed E-state index contributed by atoms with van der Waals surface area (Å²) in [5.74, 6) is 0.212. The number of nitrogens with zero attached hydrogens (tertiary/aromatic N) is 1. The van der Waals surface area contributed by atoms with Crippen LogP contribution >= 0.6 is 45.3 Å². The molecule has 2 aromatic rings. The Morgan fingerprint density at radius 3 is 2.75 bits per heavy atom. The van der Waals surface area contributed by atoms with E-state index in [1.807, 2.05) is 11.3 Å². The summed E-state index contributed by atoms with van der Waals surface area (Å²) < 4.78 is 0. The molecule has 1 aliphatic heterocycles. The number of nitrogens with one attached hydrogen (secondary N) is 1. The first-order valence-electron chi connectivity index (χ1n) is 7.94. The van der Waals surface area contributed by atoms with E-state index in [1.54, 1.807) is 12.1 Å². The van der Waals surface area contributed by atoms with Crippen molar-refractivity contribution >= 4 is 45.3 Å². The van der Waals surface area contributed by atoms with Gasteiger partial charge in [-0.1, -0.05) is 6.92 Å². The molecule has 1 aromatic heterocycles. The van der Waals surface area contributed by atoms with Gasteiger partial charge in [0.1, 0.15) is 0 Å². The van der Waals surface area contributed by atoms with Crippen LogP contribution in [0.25, 0.3) is 0 Å². The van der Waals surface area contributed by atoms with Gasteiger partial charge in [-0.25, -0.2) is 4.98 Å². The molecule has 0 radical (unpaired) electrons. The molecule has 0 saturated heterocycles. The third-order valence-electron chi connectivity index (χ3n) is 4.75. The van der Waals surface area contributed by atoms with Crippen molar-refractivity contribution in [2.45, 2.75) is 51.1 Å². The normalized spacial score (nSPS) is 20.9. The van der Waals surface area contributed by atoms with Crippen LogP contribution in [0.15, 0.2) is 12.1 Å². The molecule has 0 saturated carbocycles. The van der Waals surface area contributed by atoms with Crippen LogP contribution in [0.2, 0.25) is 0 Å². The zero-order valence-electron chi connectivity index (χ0n) is 13.4. The fourth-order valence-corrected chi connectivity index (χ4v) is 5.08. The second kappa shape index (κ2) is 7.72. The van der Waals surface area contributed by atoms with Crippen LogP contribution in [0.1, 0.15) is 52.4 Å². The van der Waals surface area contributed by atoms with Crippen molar-refractivity contribution in [3.63, 3.8) is 0 Å². The van der Waals surface area contributed by atoms with Gasteiger partial charge in [0.2, 0.25) is 0 Å². The number of rotatable bonds is 2. The minimum Gasteiger partial charge on any atom is -0.504 e. The van der Waals surface area contributed by atoms with E-state index >= 15 is 0 Å². The zero-order chi connectivity index (χ0) is 15.3. The molecule has 1 aliphatic carbocycles. The minimum atomic E-state index is -0.0233. The molecule has 4 rings (SSSR count). The largest absolute Gasteiger partial charge is 0.504 e. The summed E-state index contributed by atoms with van der Waals surface area (Å²) in [7, 11) is 0. The molecule has 1 aromatic carbocycles. The highest BCUT2D eigenvalue weighted by Crippen LogP contribution is 2.46. The molecule has 0 amide bonds. The summed E-state index contributed by atoms with van der Waals surface area (Å²) >= 11 is 1.82. The maximum absolute atomic E-state index is 9.92. The molecule has 4 nitrogen and oxygen atoms in total. The van der Waals surface area contributed by atoms with Crippen LogP contribution in [-0.4, -0.2) is 21.2 Å². The van der Waals surface area contributed by atoms with Crippen LogP contribution in [0, 0.1) is 0 Å². The number of thiazole rings is 1. The van der Waals surface area contributed by atoms with Gasteiger partial charge in [-0.2, -0.15) is 0 Å². The second-order valence-corrected chi connectivity index (χ2v) is 7.33. The lowest BCUT2D eigenvalue weighted by Crippen LogP contribution is -2.42. The molecule has 3 N–H and O–H groups in total. The fraction of sp³-hybridized carbons (Fsp3) is 0.471. The van der Waals surface area contributed by atoms with E-state index in [-0.39, 0.29) is 51.4 Å². The number of hydrogen-bond acceptors (Lipinski definition) is 5. The van der Waals surface area contributed by atoms with E-state index in [2.05, 4.69) is 12.2 Å². The topological polar surface area (TPSA) is 65.4 Å². The molecule has 2 aliphatic rings. The van der Waals surface area contributed by atoms with Gasteiger partial charge < -0.3 is 15.5 Å². The molecule has 2 heterocycles. The van der Waals surface area contributed by atoms with Crippen molar-refractivity contribution in [1.82, 2.24) is 10.3 Å². The van der Waals surface area contributed by atoms with E-state index < -0.39 is 0 Å². The number of aryl methyl sites for hydroxylation is 2. The van der Waals surface area contributed by atoms with Gasteiger partial charge in [0.25, 0.3) is 0 Å². The number of benzene rings is 1. The number of phenols is 2. The number of aromatic nitrogens is 1.